The maximum absolute atomic E-state index is 12.6. The van der Waals surface area contributed by atoms with Crippen molar-refractivity contribution in [3.05, 3.63) is 51.3 Å². The van der Waals surface area contributed by atoms with Gasteiger partial charge in [-0.2, -0.15) is 4.98 Å². The maximum atomic E-state index is 12.6. The molecule has 0 atom stereocenters. The number of nitrogens with zero attached hydrogens (tertiary/aromatic N) is 3. The van der Waals surface area contributed by atoms with E-state index in [-0.39, 0.29) is 16.8 Å². The van der Waals surface area contributed by atoms with E-state index >= 15 is 0 Å². The van der Waals surface area contributed by atoms with Crippen molar-refractivity contribution >= 4 is 34.4 Å². The minimum atomic E-state index is -0.864. The van der Waals surface area contributed by atoms with Crippen LogP contribution in [0.4, 0.5) is 17.5 Å². The number of amides is 1. The number of anilines is 3. The van der Waals surface area contributed by atoms with Crippen LogP contribution in [0.15, 0.2) is 29.2 Å². The zero-order valence-corrected chi connectivity index (χ0v) is 15.5. The third-order valence-corrected chi connectivity index (χ3v) is 4.95. The van der Waals surface area contributed by atoms with E-state index in [9.17, 15) is 9.59 Å². The van der Waals surface area contributed by atoms with E-state index in [0.29, 0.717) is 18.1 Å². The molecule has 9 heteroatoms. The zero-order valence-electron chi connectivity index (χ0n) is 15.5. The molecule has 0 spiro atoms. The number of hydrogen-bond donors (Lipinski definition) is 4. The summed E-state index contributed by atoms with van der Waals surface area (Å²) in [4.78, 5) is 32.9. The molecule has 2 aromatic heterocycles. The lowest BCUT2D eigenvalue weighted by atomic mass is 10.0. The van der Waals surface area contributed by atoms with Crippen LogP contribution in [0.25, 0.3) is 11.0 Å². The van der Waals surface area contributed by atoms with Gasteiger partial charge in [-0.15, -0.1) is 0 Å². The second kappa shape index (κ2) is 6.93. The van der Waals surface area contributed by atoms with E-state index in [0.717, 1.165) is 25.2 Å². The predicted octanol–water partition coefficient (Wildman–Crippen LogP) is 0.882. The number of primary amides is 1. The number of carbonyl (C=O) groups excluding carboxylic acids is 1. The summed E-state index contributed by atoms with van der Waals surface area (Å²) < 4.78 is 1.58. The van der Waals surface area contributed by atoms with Crippen molar-refractivity contribution in [1.29, 1.82) is 0 Å². The van der Waals surface area contributed by atoms with Crippen LogP contribution in [0.2, 0.25) is 0 Å². The highest BCUT2D eigenvalue weighted by Crippen LogP contribution is 2.22. The molecule has 28 heavy (non-hydrogen) atoms. The summed E-state index contributed by atoms with van der Waals surface area (Å²) in [5, 5.41) is 6.72. The van der Waals surface area contributed by atoms with Crippen molar-refractivity contribution in [1.82, 2.24) is 19.9 Å². The molecule has 144 valence electrons. The molecule has 0 unspecified atom stereocenters. The Morgan fingerprint density at radius 2 is 2.18 bits per heavy atom. The highest BCUT2D eigenvalue weighted by Gasteiger charge is 2.20. The molecule has 0 fully saturated rings. The molecule has 9 nitrogen and oxygen atoms in total. The zero-order chi connectivity index (χ0) is 19.8. The molecule has 0 radical (unpaired) electrons. The average molecular weight is 379 g/mol. The molecular formula is C19H21N7O2. The third-order valence-electron chi connectivity index (χ3n) is 4.95. The van der Waals surface area contributed by atoms with E-state index in [2.05, 4.69) is 32.7 Å². The standard InChI is InChI=1S/C19H21N7O2/c1-2-26-16(20)14(17(21)28)15(27)13-9-23-19(25-18(13)26)24-12-4-3-10-5-6-22-8-11(10)7-12/h3-4,7,9,22H,2,5-6,8,20H2,1H3,(H2,21,28)(H,23,24,25). The number of fused-ring (bicyclic) bond motifs is 2. The van der Waals surface area contributed by atoms with Gasteiger partial charge in [0.2, 0.25) is 11.4 Å². The van der Waals surface area contributed by atoms with Gasteiger partial charge in [0.1, 0.15) is 11.4 Å². The Kier molecular flexibility index (Phi) is 4.44. The van der Waals surface area contributed by atoms with Crippen molar-refractivity contribution in [3.63, 3.8) is 0 Å². The first-order valence-electron chi connectivity index (χ1n) is 9.08. The van der Waals surface area contributed by atoms with Crippen molar-refractivity contribution in [2.45, 2.75) is 26.4 Å². The Hall–Kier alpha value is -3.46. The third kappa shape index (κ3) is 2.95. The van der Waals surface area contributed by atoms with Crippen LogP contribution in [0.5, 0.6) is 0 Å². The number of rotatable bonds is 4. The van der Waals surface area contributed by atoms with Gasteiger partial charge in [-0.3, -0.25) is 9.59 Å². The summed E-state index contributed by atoms with van der Waals surface area (Å²) >= 11 is 0. The fourth-order valence-corrected chi connectivity index (χ4v) is 3.54. The molecule has 1 amide bonds. The fraction of sp³-hybridized carbons (Fsp3) is 0.263. The molecule has 0 saturated heterocycles. The topological polar surface area (TPSA) is 141 Å². The van der Waals surface area contributed by atoms with Gasteiger partial charge in [-0.25, -0.2) is 4.98 Å². The summed E-state index contributed by atoms with van der Waals surface area (Å²) in [6.07, 6.45) is 2.40. The summed E-state index contributed by atoms with van der Waals surface area (Å²) in [6.45, 7) is 4.07. The summed E-state index contributed by atoms with van der Waals surface area (Å²) in [6, 6.07) is 6.14. The molecule has 0 bridgehead atoms. The molecule has 3 aromatic rings. The van der Waals surface area contributed by atoms with Crippen LogP contribution < -0.4 is 27.5 Å². The Bertz CT molecular complexity index is 1150. The second-order valence-corrected chi connectivity index (χ2v) is 6.66. The first-order chi connectivity index (χ1) is 13.5. The van der Waals surface area contributed by atoms with Crippen LogP contribution in [-0.2, 0) is 19.5 Å². The number of nitrogen functional groups attached to an aromatic ring is 1. The molecule has 0 saturated carbocycles. The Balaban J connectivity index is 1.79. The number of pyridine rings is 1. The molecule has 1 aromatic carbocycles. The molecule has 1 aliphatic heterocycles. The smallest absolute Gasteiger partial charge is 0.256 e. The lowest BCUT2D eigenvalue weighted by Crippen LogP contribution is -2.28. The Morgan fingerprint density at radius 3 is 2.93 bits per heavy atom. The Morgan fingerprint density at radius 1 is 1.36 bits per heavy atom. The van der Waals surface area contributed by atoms with Gasteiger partial charge in [0.15, 0.2) is 5.65 Å². The van der Waals surface area contributed by atoms with Crippen LogP contribution in [0.3, 0.4) is 0 Å². The van der Waals surface area contributed by atoms with Gasteiger partial charge >= 0.3 is 0 Å². The molecule has 6 N–H and O–H groups in total. The van der Waals surface area contributed by atoms with Crippen LogP contribution >= 0.6 is 0 Å². The predicted molar refractivity (Wildman–Crippen MR) is 108 cm³/mol. The normalized spacial score (nSPS) is 13.3. The van der Waals surface area contributed by atoms with Gasteiger partial charge < -0.3 is 26.7 Å². The Labute approximate surface area is 160 Å². The number of nitrogens with one attached hydrogen (secondary N) is 2. The number of benzene rings is 1. The minimum absolute atomic E-state index is 0.0111. The van der Waals surface area contributed by atoms with Gasteiger partial charge in [0, 0.05) is 25.0 Å². The summed E-state index contributed by atoms with van der Waals surface area (Å²) in [7, 11) is 0. The molecular weight excluding hydrogens is 358 g/mol. The summed E-state index contributed by atoms with van der Waals surface area (Å²) in [5.41, 5.74) is 14.3. The molecule has 1 aliphatic rings. The van der Waals surface area contributed by atoms with Crippen LogP contribution in [0, 0.1) is 0 Å². The molecule has 3 heterocycles. The number of hydrogen-bond acceptors (Lipinski definition) is 7. The number of nitrogens with two attached hydrogens (primary N) is 2. The van der Waals surface area contributed by atoms with Gasteiger partial charge in [-0.1, -0.05) is 6.07 Å². The minimum Gasteiger partial charge on any atom is -0.384 e. The van der Waals surface area contributed by atoms with Crippen molar-refractivity contribution in [2.75, 3.05) is 17.6 Å². The van der Waals surface area contributed by atoms with E-state index < -0.39 is 11.3 Å². The number of aromatic nitrogens is 3. The lowest BCUT2D eigenvalue weighted by molar-refractivity contribution is 0.1000. The lowest BCUT2D eigenvalue weighted by Gasteiger charge is -2.18. The van der Waals surface area contributed by atoms with E-state index in [1.54, 1.807) is 4.57 Å². The largest absolute Gasteiger partial charge is 0.384 e. The molecule has 4 rings (SSSR count). The highest BCUT2D eigenvalue weighted by atomic mass is 16.2. The van der Waals surface area contributed by atoms with Crippen molar-refractivity contribution in [2.24, 2.45) is 5.73 Å². The first-order valence-corrected chi connectivity index (χ1v) is 9.08. The van der Waals surface area contributed by atoms with Crippen LogP contribution in [-0.4, -0.2) is 27.0 Å². The quantitative estimate of drug-likeness (QED) is 0.527. The first kappa shape index (κ1) is 17.9. The van der Waals surface area contributed by atoms with Crippen LogP contribution in [0.1, 0.15) is 28.4 Å². The van der Waals surface area contributed by atoms with E-state index in [1.165, 1.54) is 17.3 Å². The monoisotopic (exact) mass is 379 g/mol. The fourth-order valence-electron chi connectivity index (χ4n) is 3.54. The van der Waals surface area contributed by atoms with E-state index in [1.807, 2.05) is 13.0 Å². The van der Waals surface area contributed by atoms with E-state index in [4.69, 9.17) is 11.5 Å². The molecule has 0 aliphatic carbocycles. The highest BCUT2D eigenvalue weighted by molar-refractivity contribution is 6.00. The van der Waals surface area contributed by atoms with Gasteiger partial charge in [0.05, 0.1) is 5.39 Å². The van der Waals surface area contributed by atoms with Gasteiger partial charge in [-0.05, 0) is 43.1 Å². The van der Waals surface area contributed by atoms with Crippen molar-refractivity contribution < 1.29 is 4.79 Å². The van der Waals surface area contributed by atoms with Crippen molar-refractivity contribution in [3.8, 4) is 0 Å². The van der Waals surface area contributed by atoms with Gasteiger partial charge in [0.25, 0.3) is 5.91 Å². The average Bonchev–Trinajstić information content (AvgIpc) is 2.68. The number of carbonyl (C=O) groups is 1. The SMILES string of the molecule is CCn1c(N)c(C(N)=O)c(=O)c2cnc(Nc3ccc4c(c3)CNCC4)nc21. The summed E-state index contributed by atoms with van der Waals surface area (Å²) in [5.74, 6) is -0.516. The number of aryl methyl sites for hydroxylation is 1. The maximum Gasteiger partial charge on any atom is 0.256 e. The second-order valence-electron chi connectivity index (χ2n) is 6.66.